The van der Waals surface area contributed by atoms with Crippen LogP contribution in [0.2, 0.25) is 0 Å². The van der Waals surface area contributed by atoms with Crippen molar-refractivity contribution < 1.29 is 32.1 Å². The average molecular weight is 352 g/mol. The number of imide groups is 1. The van der Waals surface area contributed by atoms with Gasteiger partial charge in [0, 0.05) is 13.0 Å². The van der Waals surface area contributed by atoms with Crippen LogP contribution in [0.25, 0.3) is 0 Å². The van der Waals surface area contributed by atoms with Gasteiger partial charge in [0.15, 0.2) is 0 Å². The van der Waals surface area contributed by atoms with E-state index in [0.717, 1.165) is 4.90 Å². The monoisotopic (exact) mass is 352 g/mol. The number of benzene rings is 1. The van der Waals surface area contributed by atoms with Crippen molar-refractivity contribution in [2.75, 3.05) is 6.54 Å². The number of Topliss-reactive ketones (excluding diaryl/α,β-unsaturated/α-hetero) is 1. The van der Waals surface area contributed by atoms with Gasteiger partial charge < -0.3 is 4.52 Å². The molecule has 2 heterocycles. The second-order valence-electron chi connectivity index (χ2n) is 5.40. The Kier molecular flexibility index (Phi) is 4.15. The highest BCUT2D eigenvalue weighted by atomic mass is 19.4. The standard InChI is InChI=1S/C16H11F3N2O4/c17-16(18,19)11-8-20-25-13(11)12(22)6-3-7-21-14(23)9-4-1-2-5-10(9)15(21)24/h1-2,4-5,8H,3,6-7H2. The van der Waals surface area contributed by atoms with Crippen molar-refractivity contribution >= 4 is 17.6 Å². The van der Waals surface area contributed by atoms with Gasteiger partial charge >= 0.3 is 6.18 Å². The largest absolute Gasteiger partial charge is 0.421 e. The molecule has 1 aromatic carbocycles. The number of fused-ring (bicyclic) bond motifs is 1. The maximum atomic E-state index is 12.7. The summed E-state index contributed by atoms with van der Waals surface area (Å²) in [5, 5.41) is 3.01. The van der Waals surface area contributed by atoms with Gasteiger partial charge in [0.2, 0.25) is 11.5 Å². The maximum absolute atomic E-state index is 12.7. The molecular formula is C16H11F3N2O4. The molecule has 0 unspecified atom stereocenters. The lowest BCUT2D eigenvalue weighted by Gasteiger charge is -2.13. The summed E-state index contributed by atoms with van der Waals surface area (Å²) in [6.45, 7) is -0.0758. The fraction of sp³-hybridized carbons (Fsp3) is 0.250. The van der Waals surface area contributed by atoms with Crippen LogP contribution in [0.15, 0.2) is 35.0 Å². The molecule has 2 amide bonds. The Bertz CT molecular complexity index is 822. The molecule has 6 nitrogen and oxygen atoms in total. The van der Waals surface area contributed by atoms with Crippen molar-refractivity contribution in [3.63, 3.8) is 0 Å². The quantitative estimate of drug-likeness (QED) is 0.610. The molecule has 0 aliphatic carbocycles. The molecule has 0 fully saturated rings. The highest BCUT2D eigenvalue weighted by molar-refractivity contribution is 6.21. The zero-order valence-electron chi connectivity index (χ0n) is 12.7. The van der Waals surface area contributed by atoms with Crippen molar-refractivity contribution in [2.45, 2.75) is 19.0 Å². The van der Waals surface area contributed by atoms with Gasteiger partial charge in [-0.2, -0.15) is 13.2 Å². The van der Waals surface area contributed by atoms with E-state index >= 15 is 0 Å². The van der Waals surface area contributed by atoms with Gasteiger partial charge in [-0.25, -0.2) is 0 Å². The van der Waals surface area contributed by atoms with Crippen LogP contribution < -0.4 is 0 Å². The van der Waals surface area contributed by atoms with Crippen LogP contribution >= 0.6 is 0 Å². The predicted octanol–water partition coefficient (Wildman–Crippen LogP) is 2.95. The smallest absolute Gasteiger partial charge is 0.352 e. The van der Waals surface area contributed by atoms with Crippen LogP contribution in [0.5, 0.6) is 0 Å². The number of carbonyl (C=O) groups excluding carboxylic acids is 3. The third-order valence-corrected chi connectivity index (χ3v) is 3.79. The SMILES string of the molecule is O=C(CCCN1C(=O)c2ccccc2C1=O)c1oncc1C(F)(F)F. The number of rotatable bonds is 5. The molecule has 9 heteroatoms. The zero-order valence-corrected chi connectivity index (χ0v) is 12.7. The van der Waals surface area contributed by atoms with E-state index in [1.165, 1.54) is 12.1 Å². The summed E-state index contributed by atoms with van der Waals surface area (Å²) in [6.07, 6.45) is -4.60. The van der Waals surface area contributed by atoms with Crippen molar-refractivity contribution in [3.8, 4) is 0 Å². The summed E-state index contributed by atoms with van der Waals surface area (Å²) in [4.78, 5) is 37.2. The lowest BCUT2D eigenvalue weighted by Crippen LogP contribution is -2.31. The molecule has 0 saturated heterocycles. The van der Waals surface area contributed by atoms with Crippen LogP contribution in [0.4, 0.5) is 13.2 Å². The lowest BCUT2D eigenvalue weighted by molar-refractivity contribution is -0.138. The van der Waals surface area contributed by atoms with Gasteiger partial charge in [-0.3, -0.25) is 19.3 Å². The van der Waals surface area contributed by atoms with Crippen LogP contribution in [0, 0.1) is 0 Å². The normalized spacial score (nSPS) is 14.1. The first kappa shape index (κ1) is 16.9. The summed E-state index contributed by atoms with van der Waals surface area (Å²) in [6, 6.07) is 6.29. The van der Waals surface area contributed by atoms with Crippen LogP contribution in [0.1, 0.15) is 49.7 Å². The Morgan fingerprint density at radius 3 is 2.28 bits per heavy atom. The lowest BCUT2D eigenvalue weighted by atomic mass is 10.1. The molecule has 0 radical (unpaired) electrons. The minimum absolute atomic E-state index is 0.0162. The third kappa shape index (κ3) is 3.04. The molecule has 0 atom stereocenters. The van der Waals surface area contributed by atoms with Gasteiger partial charge in [0.1, 0.15) is 5.56 Å². The number of hydrogen-bond acceptors (Lipinski definition) is 5. The summed E-state index contributed by atoms with van der Waals surface area (Å²) >= 11 is 0. The molecule has 130 valence electrons. The zero-order chi connectivity index (χ0) is 18.2. The molecule has 0 N–H and O–H groups in total. The first-order chi connectivity index (χ1) is 11.8. The van der Waals surface area contributed by atoms with E-state index in [-0.39, 0.29) is 30.5 Å². The highest BCUT2D eigenvalue weighted by Gasteiger charge is 2.39. The molecule has 0 spiro atoms. The number of amides is 2. The third-order valence-electron chi connectivity index (χ3n) is 3.79. The summed E-state index contributed by atoms with van der Waals surface area (Å²) in [5.41, 5.74) is -0.694. The van der Waals surface area contributed by atoms with Crippen LogP contribution in [-0.2, 0) is 6.18 Å². The molecule has 3 rings (SSSR count). The maximum Gasteiger partial charge on any atom is 0.421 e. The Labute approximate surface area is 139 Å². The topological polar surface area (TPSA) is 80.5 Å². The van der Waals surface area contributed by atoms with E-state index in [9.17, 15) is 27.6 Å². The summed E-state index contributed by atoms with van der Waals surface area (Å²) in [5.74, 6) is -2.72. The fourth-order valence-electron chi connectivity index (χ4n) is 2.60. The Morgan fingerprint density at radius 1 is 1.12 bits per heavy atom. The number of nitrogens with zero attached hydrogens (tertiary/aromatic N) is 2. The average Bonchev–Trinajstić information content (AvgIpc) is 3.15. The van der Waals surface area contributed by atoms with Gasteiger partial charge in [-0.1, -0.05) is 17.3 Å². The van der Waals surface area contributed by atoms with E-state index in [4.69, 9.17) is 0 Å². The number of hydrogen-bond donors (Lipinski definition) is 0. The number of carbonyl (C=O) groups is 3. The van der Waals surface area contributed by atoms with Gasteiger partial charge in [-0.15, -0.1) is 0 Å². The van der Waals surface area contributed by atoms with E-state index in [1.54, 1.807) is 12.1 Å². The number of alkyl halides is 3. The first-order valence-corrected chi connectivity index (χ1v) is 7.31. The minimum atomic E-state index is -4.74. The number of halogens is 3. The molecular weight excluding hydrogens is 341 g/mol. The summed E-state index contributed by atoms with van der Waals surface area (Å²) < 4.78 is 42.5. The molecule has 1 aliphatic heterocycles. The molecule has 25 heavy (non-hydrogen) atoms. The Balaban J connectivity index is 1.63. The number of aromatic nitrogens is 1. The van der Waals surface area contributed by atoms with Crippen LogP contribution in [-0.4, -0.2) is 34.2 Å². The molecule has 2 aromatic rings. The fourth-order valence-corrected chi connectivity index (χ4v) is 2.60. The molecule has 1 aliphatic rings. The van der Waals surface area contributed by atoms with Crippen LogP contribution in [0.3, 0.4) is 0 Å². The Morgan fingerprint density at radius 2 is 1.72 bits per heavy atom. The second-order valence-corrected chi connectivity index (χ2v) is 5.40. The molecule has 0 saturated carbocycles. The van der Waals surface area contributed by atoms with Crippen molar-refractivity contribution in [3.05, 3.63) is 52.9 Å². The first-order valence-electron chi connectivity index (χ1n) is 7.31. The molecule has 1 aromatic heterocycles. The minimum Gasteiger partial charge on any atom is -0.352 e. The van der Waals surface area contributed by atoms with Gasteiger partial charge in [0.05, 0.1) is 17.3 Å². The Hall–Kier alpha value is -2.97. The van der Waals surface area contributed by atoms with E-state index in [1.807, 2.05) is 0 Å². The van der Waals surface area contributed by atoms with Crippen molar-refractivity contribution in [2.24, 2.45) is 0 Å². The molecule has 0 bridgehead atoms. The van der Waals surface area contributed by atoms with E-state index in [2.05, 4.69) is 9.68 Å². The number of ketones is 1. The van der Waals surface area contributed by atoms with Gasteiger partial charge in [-0.05, 0) is 18.6 Å². The second kappa shape index (κ2) is 6.15. The van der Waals surface area contributed by atoms with E-state index in [0.29, 0.717) is 6.20 Å². The van der Waals surface area contributed by atoms with Gasteiger partial charge in [0.25, 0.3) is 11.8 Å². The van der Waals surface area contributed by atoms with E-state index < -0.39 is 35.1 Å². The predicted molar refractivity (Wildman–Crippen MR) is 76.9 cm³/mol. The van der Waals surface area contributed by atoms with Crippen molar-refractivity contribution in [1.29, 1.82) is 0 Å². The highest BCUT2D eigenvalue weighted by Crippen LogP contribution is 2.32. The van der Waals surface area contributed by atoms with Crippen molar-refractivity contribution in [1.82, 2.24) is 10.1 Å². The summed E-state index contributed by atoms with van der Waals surface area (Å²) in [7, 11) is 0.